The molecule has 0 fully saturated rings. The van der Waals surface area contributed by atoms with Crippen LogP contribution in [0, 0.1) is 0 Å². The molecule has 0 saturated heterocycles. The first-order chi connectivity index (χ1) is 10.8. The highest BCUT2D eigenvalue weighted by Gasteiger charge is 2.73. The Morgan fingerprint density at radius 1 is 0.917 bits per heavy atom. The van der Waals surface area contributed by atoms with Gasteiger partial charge in [0.05, 0.1) is 12.7 Å². The number of benzene rings is 1. The lowest BCUT2D eigenvalue weighted by Crippen LogP contribution is -2.50. The van der Waals surface area contributed by atoms with Gasteiger partial charge in [-0.2, -0.15) is 26.3 Å². The zero-order chi connectivity index (χ0) is 18.9. The van der Waals surface area contributed by atoms with E-state index in [4.69, 9.17) is 0 Å². The Hall–Kier alpha value is -1.80. The molecule has 0 amide bonds. The molecular weight excluding hydrogens is 345 g/mol. The topological polar surface area (TPSA) is 26.3 Å². The molecule has 1 aromatic carbocycles. The van der Waals surface area contributed by atoms with Crippen molar-refractivity contribution in [3.05, 3.63) is 34.4 Å². The summed E-state index contributed by atoms with van der Waals surface area (Å²) in [5.41, 5.74) is -7.55. The van der Waals surface area contributed by atoms with Crippen LogP contribution in [0.1, 0.15) is 40.9 Å². The van der Waals surface area contributed by atoms with Crippen molar-refractivity contribution in [1.82, 2.24) is 0 Å². The highest BCUT2D eigenvalue weighted by atomic mass is 19.4. The summed E-state index contributed by atoms with van der Waals surface area (Å²) in [7, 11) is 1.03. The average Bonchev–Trinajstić information content (AvgIpc) is 2.49. The van der Waals surface area contributed by atoms with Gasteiger partial charge in [-0.05, 0) is 24.0 Å². The smallest absolute Gasteiger partial charge is 0.435 e. The van der Waals surface area contributed by atoms with E-state index in [2.05, 4.69) is 4.74 Å². The van der Waals surface area contributed by atoms with E-state index in [1.54, 1.807) is 0 Å². The molecular formula is C15H15F7O2. The molecule has 0 aromatic heterocycles. The maximum atomic E-state index is 14.2. The van der Waals surface area contributed by atoms with Gasteiger partial charge in [0.15, 0.2) is 0 Å². The van der Waals surface area contributed by atoms with Gasteiger partial charge in [0.1, 0.15) is 0 Å². The van der Waals surface area contributed by atoms with Gasteiger partial charge >= 0.3 is 24.0 Å². The number of hydrogen-bond acceptors (Lipinski definition) is 2. The lowest BCUT2D eigenvalue weighted by Gasteiger charge is -2.31. The summed E-state index contributed by atoms with van der Waals surface area (Å²) in [6.45, 7) is 2.85. The van der Waals surface area contributed by atoms with E-state index in [1.165, 1.54) is 13.8 Å². The van der Waals surface area contributed by atoms with Gasteiger partial charge in [-0.15, -0.1) is 0 Å². The summed E-state index contributed by atoms with van der Waals surface area (Å²) in [6.07, 6.45) is -12.5. The van der Waals surface area contributed by atoms with E-state index in [0.29, 0.717) is 12.1 Å². The number of rotatable bonds is 4. The SMILES string of the molecule is CCc1cc(C(F)(C(F)(F)F)C(F)(F)F)cc(CC)c1C(=O)OC. The molecule has 1 rings (SSSR count). The summed E-state index contributed by atoms with van der Waals surface area (Å²) in [6, 6.07) is 0.846. The van der Waals surface area contributed by atoms with Gasteiger partial charge in [-0.25, -0.2) is 9.18 Å². The third kappa shape index (κ3) is 3.21. The summed E-state index contributed by atoms with van der Waals surface area (Å²) < 4.78 is 96.1. The molecule has 0 saturated carbocycles. The van der Waals surface area contributed by atoms with Crippen molar-refractivity contribution >= 4 is 5.97 Å². The van der Waals surface area contributed by atoms with Crippen molar-refractivity contribution in [2.24, 2.45) is 0 Å². The second-order valence-electron chi connectivity index (χ2n) is 5.02. The minimum Gasteiger partial charge on any atom is -0.465 e. The van der Waals surface area contributed by atoms with Gasteiger partial charge in [-0.1, -0.05) is 26.0 Å². The molecule has 0 aliphatic carbocycles. The van der Waals surface area contributed by atoms with Crippen molar-refractivity contribution in [3.63, 3.8) is 0 Å². The normalized spacial score (nSPS) is 13.1. The van der Waals surface area contributed by atoms with Crippen LogP contribution >= 0.6 is 0 Å². The zero-order valence-electron chi connectivity index (χ0n) is 13.0. The molecule has 0 N–H and O–H groups in total. The molecule has 24 heavy (non-hydrogen) atoms. The third-order valence-corrected chi connectivity index (χ3v) is 3.63. The van der Waals surface area contributed by atoms with Crippen LogP contribution in [0.25, 0.3) is 0 Å². The Bertz CT molecular complexity index is 578. The van der Waals surface area contributed by atoms with Gasteiger partial charge in [0.25, 0.3) is 0 Å². The first-order valence-electron chi connectivity index (χ1n) is 6.92. The summed E-state index contributed by atoms with van der Waals surface area (Å²) >= 11 is 0. The largest absolute Gasteiger partial charge is 0.465 e. The van der Waals surface area contributed by atoms with E-state index in [1.807, 2.05) is 0 Å². The number of halogens is 7. The fraction of sp³-hybridized carbons (Fsp3) is 0.533. The number of aryl methyl sites for hydroxylation is 2. The number of carbonyl (C=O) groups is 1. The molecule has 0 aliphatic heterocycles. The molecule has 0 atom stereocenters. The lowest BCUT2D eigenvalue weighted by atomic mass is 9.87. The average molecular weight is 360 g/mol. The van der Waals surface area contributed by atoms with Crippen LogP contribution in [0.3, 0.4) is 0 Å². The van der Waals surface area contributed by atoms with Gasteiger partial charge in [0.2, 0.25) is 0 Å². The Morgan fingerprint density at radius 3 is 1.54 bits per heavy atom. The molecule has 1 aromatic rings. The predicted molar refractivity (Wildman–Crippen MR) is 71.4 cm³/mol. The quantitative estimate of drug-likeness (QED) is 0.565. The summed E-state index contributed by atoms with van der Waals surface area (Å²) in [5.74, 6) is -0.904. The minimum atomic E-state index is -6.20. The van der Waals surface area contributed by atoms with Crippen LogP contribution in [-0.2, 0) is 23.2 Å². The molecule has 0 unspecified atom stereocenters. The van der Waals surface area contributed by atoms with Crippen molar-refractivity contribution < 1.29 is 40.3 Å². The van der Waals surface area contributed by atoms with Crippen molar-refractivity contribution in [2.45, 2.75) is 44.7 Å². The number of alkyl halides is 7. The monoisotopic (exact) mass is 360 g/mol. The summed E-state index contributed by atoms with van der Waals surface area (Å²) in [4.78, 5) is 11.8. The predicted octanol–water partition coefficient (Wildman–Crippen LogP) is 4.89. The molecule has 0 aliphatic rings. The minimum absolute atomic E-state index is 0.0724. The molecule has 0 bridgehead atoms. The lowest BCUT2D eigenvalue weighted by molar-refractivity contribution is -0.348. The maximum Gasteiger partial charge on any atom is 0.435 e. The van der Waals surface area contributed by atoms with Gasteiger partial charge in [-0.3, -0.25) is 0 Å². The number of ether oxygens (including phenoxy) is 1. The van der Waals surface area contributed by atoms with Crippen molar-refractivity contribution in [1.29, 1.82) is 0 Å². The third-order valence-electron chi connectivity index (χ3n) is 3.63. The Balaban J connectivity index is 3.80. The fourth-order valence-electron chi connectivity index (χ4n) is 2.38. The number of esters is 1. The number of carbonyl (C=O) groups excluding carboxylic acids is 1. The molecule has 0 spiro atoms. The van der Waals surface area contributed by atoms with E-state index in [0.717, 1.165) is 7.11 Å². The van der Waals surface area contributed by atoms with Gasteiger partial charge in [0, 0.05) is 5.56 Å². The Morgan fingerprint density at radius 2 is 1.29 bits per heavy atom. The van der Waals surface area contributed by atoms with Crippen molar-refractivity contribution in [3.8, 4) is 0 Å². The van der Waals surface area contributed by atoms with E-state index in [9.17, 15) is 35.5 Å². The maximum absolute atomic E-state index is 14.2. The van der Waals surface area contributed by atoms with E-state index >= 15 is 0 Å². The highest BCUT2D eigenvalue weighted by Crippen LogP contribution is 2.53. The standard InChI is InChI=1S/C15H15F7O2/c1-4-8-6-10(7-9(5-2)11(8)12(23)24-3)13(16,14(17,18)19)15(20,21)22/h6-7H,4-5H2,1-3H3. The van der Waals surface area contributed by atoms with Crippen LogP contribution in [0.5, 0.6) is 0 Å². The number of hydrogen-bond donors (Lipinski definition) is 0. The zero-order valence-corrected chi connectivity index (χ0v) is 13.0. The van der Waals surface area contributed by atoms with Crippen LogP contribution in [0.15, 0.2) is 12.1 Å². The van der Waals surface area contributed by atoms with Crippen LogP contribution < -0.4 is 0 Å². The first kappa shape index (κ1) is 20.2. The second kappa shape index (κ2) is 6.60. The number of methoxy groups -OCH3 is 1. The van der Waals surface area contributed by atoms with E-state index < -0.39 is 29.6 Å². The summed E-state index contributed by atoms with van der Waals surface area (Å²) in [5, 5.41) is 0. The van der Waals surface area contributed by atoms with Crippen LogP contribution in [0.2, 0.25) is 0 Å². The fourth-order valence-corrected chi connectivity index (χ4v) is 2.38. The van der Waals surface area contributed by atoms with E-state index in [-0.39, 0.29) is 29.5 Å². The molecule has 0 heterocycles. The molecule has 136 valence electrons. The van der Waals surface area contributed by atoms with Gasteiger partial charge < -0.3 is 4.74 Å². The van der Waals surface area contributed by atoms with Crippen LogP contribution in [-0.4, -0.2) is 25.4 Å². The first-order valence-corrected chi connectivity index (χ1v) is 6.92. The molecule has 2 nitrogen and oxygen atoms in total. The van der Waals surface area contributed by atoms with Crippen molar-refractivity contribution in [2.75, 3.05) is 7.11 Å². The van der Waals surface area contributed by atoms with Crippen LogP contribution in [0.4, 0.5) is 30.7 Å². The highest BCUT2D eigenvalue weighted by molar-refractivity contribution is 5.93. The Kier molecular flexibility index (Phi) is 5.57. The molecule has 9 heteroatoms. The molecule has 0 radical (unpaired) electrons. The second-order valence-corrected chi connectivity index (χ2v) is 5.02. The Labute approximate surface area is 133 Å².